The average molecular weight is 404 g/mol. The summed E-state index contributed by atoms with van der Waals surface area (Å²) >= 11 is 0. The molecule has 0 bridgehead atoms. The van der Waals surface area contributed by atoms with Crippen molar-refractivity contribution in [3.05, 3.63) is 54.9 Å². The van der Waals surface area contributed by atoms with Crippen LogP contribution in [0.15, 0.2) is 49.3 Å². The quantitative estimate of drug-likeness (QED) is 0.669. The second kappa shape index (κ2) is 7.55. The van der Waals surface area contributed by atoms with Crippen LogP contribution < -0.4 is 24.4 Å². The minimum absolute atomic E-state index is 0.168. The molecule has 3 heterocycles. The van der Waals surface area contributed by atoms with E-state index in [0.717, 1.165) is 28.0 Å². The number of anilines is 2. The lowest BCUT2D eigenvalue weighted by molar-refractivity contribution is -0.114. The van der Waals surface area contributed by atoms with E-state index in [2.05, 4.69) is 21.9 Å². The Kier molecular flexibility index (Phi) is 4.59. The molecule has 2 aromatic carbocycles. The molecule has 0 atom stereocenters. The van der Waals surface area contributed by atoms with Crippen molar-refractivity contribution in [2.24, 2.45) is 0 Å². The third kappa shape index (κ3) is 3.06. The summed E-state index contributed by atoms with van der Waals surface area (Å²) in [7, 11) is 0. The summed E-state index contributed by atoms with van der Waals surface area (Å²) in [4.78, 5) is 22.7. The van der Waals surface area contributed by atoms with Gasteiger partial charge in [0.1, 0.15) is 32.0 Å². The number of carbonyl (C=O) groups excluding carboxylic acids is 1. The van der Waals surface area contributed by atoms with Gasteiger partial charge in [-0.2, -0.15) is 0 Å². The molecule has 0 aliphatic carbocycles. The van der Waals surface area contributed by atoms with Gasteiger partial charge < -0.3 is 24.4 Å². The van der Waals surface area contributed by atoms with E-state index >= 15 is 0 Å². The van der Waals surface area contributed by atoms with Crippen LogP contribution in [0.1, 0.15) is 5.56 Å². The Labute approximate surface area is 173 Å². The normalized spacial score (nSPS) is 14.6. The molecule has 0 unspecified atom stereocenters. The first-order chi connectivity index (χ1) is 14.8. The van der Waals surface area contributed by atoms with Crippen molar-refractivity contribution in [1.29, 1.82) is 0 Å². The fourth-order valence-electron chi connectivity index (χ4n) is 3.75. The lowest BCUT2D eigenvalue weighted by Crippen LogP contribution is -2.36. The first-order valence-corrected chi connectivity index (χ1v) is 9.72. The van der Waals surface area contributed by atoms with Crippen molar-refractivity contribution in [2.75, 3.05) is 36.6 Å². The van der Waals surface area contributed by atoms with Gasteiger partial charge in [-0.1, -0.05) is 18.7 Å². The number of aromatic nitrogens is 2. The number of nitrogens with one attached hydrogen (secondary N) is 1. The summed E-state index contributed by atoms with van der Waals surface area (Å²) in [6.45, 7) is 6.00. The average Bonchev–Trinajstić information content (AvgIpc) is 2.81. The Morgan fingerprint density at radius 3 is 2.87 bits per heavy atom. The van der Waals surface area contributed by atoms with Crippen LogP contribution in [0.3, 0.4) is 0 Å². The van der Waals surface area contributed by atoms with Gasteiger partial charge >= 0.3 is 0 Å². The predicted molar refractivity (Wildman–Crippen MR) is 112 cm³/mol. The summed E-state index contributed by atoms with van der Waals surface area (Å²) in [5, 5.41) is 4.11. The van der Waals surface area contributed by atoms with Crippen molar-refractivity contribution < 1.29 is 19.0 Å². The highest BCUT2D eigenvalue weighted by atomic mass is 16.6. The number of para-hydroxylation sites is 1. The van der Waals surface area contributed by atoms with Gasteiger partial charge in [-0.05, 0) is 24.3 Å². The molecule has 8 heteroatoms. The van der Waals surface area contributed by atoms with E-state index in [9.17, 15) is 4.79 Å². The maximum absolute atomic E-state index is 12.3. The van der Waals surface area contributed by atoms with Gasteiger partial charge in [0, 0.05) is 12.1 Å². The van der Waals surface area contributed by atoms with E-state index in [1.54, 1.807) is 4.90 Å². The molecule has 30 heavy (non-hydrogen) atoms. The van der Waals surface area contributed by atoms with Crippen LogP contribution in [-0.2, 0) is 11.3 Å². The molecule has 1 aromatic heterocycles. The number of carbonyl (C=O) groups is 1. The zero-order valence-electron chi connectivity index (χ0n) is 16.3. The standard InChI is InChI=1S/C22H20N4O4/c1-2-18(27)26-8-9-29-21-16(26)7-6-15-19(21)22(25-13-24-15)23-12-14-4-3-5-17-20(14)30-11-10-28-17/h2-7,13H,1,8-12H2,(H,23,24,25). The Bertz CT molecular complexity index is 1150. The van der Waals surface area contributed by atoms with Gasteiger partial charge in [0.05, 0.1) is 23.1 Å². The molecule has 0 spiro atoms. The van der Waals surface area contributed by atoms with Gasteiger partial charge in [-0.15, -0.1) is 0 Å². The Morgan fingerprint density at radius 2 is 1.97 bits per heavy atom. The molecule has 1 amide bonds. The molecular weight excluding hydrogens is 384 g/mol. The number of hydrogen-bond donors (Lipinski definition) is 1. The van der Waals surface area contributed by atoms with Gasteiger partial charge in [0.25, 0.3) is 5.91 Å². The van der Waals surface area contributed by atoms with Crippen molar-refractivity contribution in [3.63, 3.8) is 0 Å². The number of rotatable bonds is 4. The largest absolute Gasteiger partial charge is 0.489 e. The molecule has 0 radical (unpaired) electrons. The molecule has 0 saturated heterocycles. The lowest BCUT2D eigenvalue weighted by Gasteiger charge is -2.29. The molecule has 0 fully saturated rings. The fourth-order valence-corrected chi connectivity index (χ4v) is 3.75. The summed E-state index contributed by atoms with van der Waals surface area (Å²) < 4.78 is 17.4. The number of nitrogens with zero attached hydrogens (tertiary/aromatic N) is 3. The molecule has 2 aliphatic heterocycles. The molecule has 5 rings (SSSR count). The lowest BCUT2D eigenvalue weighted by atomic mass is 10.1. The Morgan fingerprint density at radius 1 is 1.10 bits per heavy atom. The zero-order valence-corrected chi connectivity index (χ0v) is 16.3. The highest BCUT2D eigenvalue weighted by Crippen LogP contribution is 2.41. The van der Waals surface area contributed by atoms with Crippen molar-refractivity contribution >= 4 is 28.3 Å². The van der Waals surface area contributed by atoms with E-state index in [0.29, 0.717) is 50.2 Å². The van der Waals surface area contributed by atoms with Crippen LogP contribution in [0.4, 0.5) is 11.5 Å². The van der Waals surface area contributed by atoms with Gasteiger partial charge in [0.2, 0.25) is 0 Å². The number of hydrogen-bond acceptors (Lipinski definition) is 7. The van der Waals surface area contributed by atoms with E-state index in [4.69, 9.17) is 14.2 Å². The molecule has 3 aromatic rings. The number of ether oxygens (including phenoxy) is 3. The maximum Gasteiger partial charge on any atom is 0.250 e. The predicted octanol–water partition coefficient (Wildman–Crippen LogP) is 2.92. The number of amides is 1. The highest BCUT2D eigenvalue weighted by Gasteiger charge is 2.26. The van der Waals surface area contributed by atoms with E-state index in [1.165, 1.54) is 12.4 Å². The van der Waals surface area contributed by atoms with Crippen LogP contribution in [0.5, 0.6) is 17.2 Å². The zero-order chi connectivity index (χ0) is 20.5. The smallest absolute Gasteiger partial charge is 0.250 e. The first-order valence-electron chi connectivity index (χ1n) is 9.72. The first kappa shape index (κ1) is 18.2. The molecule has 2 aliphatic rings. The van der Waals surface area contributed by atoms with Crippen molar-refractivity contribution in [1.82, 2.24) is 9.97 Å². The Hall–Kier alpha value is -3.81. The van der Waals surface area contributed by atoms with Gasteiger partial charge in [0.15, 0.2) is 17.2 Å². The minimum atomic E-state index is -0.168. The SMILES string of the molecule is C=CC(=O)N1CCOc2c1ccc1ncnc(NCc3cccc4c3OCCO4)c21. The van der Waals surface area contributed by atoms with Crippen LogP contribution in [0.2, 0.25) is 0 Å². The fraction of sp³-hybridized carbons (Fsp3) is 0.227. The second-order valence-electron chi connectivity index (χ2n) is 6.87. The third-order valence-electron chi connectivity index (χ3n) is 5.12. The van der Waals surface area contributed by atoms with E-state index < -0.39 is 0 Å². The third-order valence-corrected chi connectivity index (χ3v) is 5.12. The van der Waals surface area contributed by atoms with Crippen LogP contribution in [-0.4, -0.2) is 42.2 Å². The maximum atomic E-state index is 12.3. The molecule has 152 valence electrons. The monoisotopic (exact) mass is 404 g/mol. The molecular formula is C22H20N4O4. The van der Waals surface area contributed by atoms with Crippen LogP contribution in [0, 0.1) is 0 Å². The molecule has 0 saturated carbocycles. The summed E-state index contributed by atoms with van der Waals surface area (Å²) in [5.41, 5.74) is 2.38. The van der Waals surface area contributed by atoms with E-state index in [1.807, 2.05) is 30.3 Å². The summed E-state index contributed by atoms with van der Waals surface area (Å²) in [6.07, 6.45) is 2.81. The summed E-state index contributed by atoms with van der Waals surface area (Å²) in [5.74, 6) is 2.53. The minimum Gasteiger partial charge on any atom is -0.489 e. The Balaban J connectivity index is 1.53. The topological polar surface area (TPSA) is 85.8 Å². The van der Waals surface area contributed by atoms with Crippen LogP contribution in [0.25, 0.3) is 10.9 Å². The highest BCUT2D eigenvalue weighted by molar-refractivity contribution is 6.07. The second-order valence-corrected chi connectivity index (χ2v) is 6.87. The number of benzene rings is 2. The van der Waals surface area contributed by atoms with Crippen LogP contribution >= 0.6 is 0 Å². The number of fused-ring (bicyclic) bond motifs is 4. The van der Waals surface area contributed by atoms with E-state index in [-0.39, 0.29) is 5.91 Å². The molecule has 8 nitrogen and oxygen atoms in total. The van der Waals surface area contributed by atoms with Crippen molar-refractivity contribution in [2.45, 2.75) is 6.54 Å². The summed E-state index contributed by atoms with van der Waals surface area (Å²) in [6, 6.07) is 9.52. The van der Waals surface area contributed by atoms with Crippen molar-refractivity contribution in [3.8, 4) is 17.2 Å². The molecule has 1 N–H and O–H groups in total. The van der Waals surface area contributed by atoms with Gasteiger partial charge in [-0.25, -0.2) is 9.97 Å². The van der Waals surface area contributed by atoms with Gasteiger partial charge in [-0.3, -0.25) is 4.79 Å².